The van der Waals surface area contributed by atoms with E-state index in [4.69, 9.17) is 9.16 Å². The molecule has 0 amide bonds. The van der Waals surface area contributed by atoms with Gasteiger partial charge >= 0.3 is 0 Å². The van der Waals surface area contributed by atoms with Crippen molar-refractivity contribution >= 4 is 67.7 Å². The van der Waals surface area contributed by atoms with E-state index in [1.165, 1.54) is 28.4 Å². The minimum atomic E-state index is -1.88. The Hall–Kier alpha value is -2.99. The van der Waals surface area contributed by atoms with Gasteiger partial charge in [-0.3, -0.25) is 0 Å². The van der Waals surface area contributed by atoms with Crippen molar-refractivity contribution in [1.82, 2.24) is 4.98 Å². The van der Waals surface area contributed by atoms with E-state index in [2.05, 4.69) is 97.9 Å². The number of aromatic nitrogens is 1. The highest BCUT2D eigenvalue weighted by atomic mass is 32.1. The van der Waals surface area contributed by atoms with E-state index in [1.54, 1.807) is 0 Å². The highest BCUT2D eigenvalue weighted by molar-refractivity contribution is 7.30. The number of benzene rings is 2. The molecule has 0 aliphatic carbocycles. The maximum atomic E-state index is 6.59. The van der Waals surface area contributed by atoms with Crippen LogP contribution >= 0.6 is 22.7 Å². The fourth-order valence-electron chi connectivity index (χ4n) is 5.82. The second-order valence-electron chi connectivity index (χ2n) is 11.3. The standard InChI is InChI=1S/C32H44N6O2S2Si/c1-9-38(10-2)27-15-11-25(12-16-27)35-37-32-33-31-29(41-32)21-30(42-31)36-34-26-13-17-28(18-14-26)39-19-20-40-43(22(3)4,23(5)6)24(7)8/h11-18,21-24H,9-10,19-20H2,1-8H3. The summed E-state index contributed by atoms with van der Waals surface area (Å²) in [5.41, 5.74) is 4.44. The fraction of sp³-hybridized carbons (Fsp3) is 0.469. The smallest absolute Gasteiger partial charge is 0.231 e. The van der Waals surface area contributed by atoms with E-state index in [-0.39, 0.29) is 0 Å². The maximum Gasteiger partial charge on any atom is 0.231 e. The van der Waals surface area contributed by atoms with Crippen molar-refractivity contribution < 1.29 is 9.16 Å². The molecule has 0 aliphatic rings. The SMILES string of the molecule is CCN(CC)c1ccc(N=Nc2nc3sc(N=Nc4ccc(OCCO[Si](C(C)C)(C(C)C)C(C)C)cc4)cc3s2)cc1. The van der Waals surface area contributed by atoms with Crippen LogP contribution in [0.5, 0.6) is 5.75 Å². The van der Waals surface area contributed by atoms with Crippen molar-refractivity contribution in [3.05, 3.63) is 54.6 Å². The zero-order valence-corrected chi connectivity index (χ0v) is 29.2. The van der Waals surface area contributed by atoms with Crippen LogP contribution in [0.3, 0.4) is 0 Å². The number of thiazole rings is 1. The van der Waals surface area contributed by atoms with Gasteiger partial charge in [0.1, 0.15) is 22.2 Å². The van der Waals surface area contributed by atoms with Gasteiger partial charge in [-0.05, 0) is 85.1 Å². The number of hydrogen-bond donors (Lipinski definition) is 0. The van der Waals surface area contributed by atoms with Gasteiger partial charge in [0.2, 0.25) is 5.13 Å². The Bertz CT molecular complexity index is 1440. The molecule has 0 atom stereocenters. The van der Waals surface area contributed by atoms with Crippen LogP contribution in [0.1, 0.15) is 55.4 Å². The van der Waals surface area contributed by atoms with Crippen LogP contribution in [0.15, 0.2) is 75.1 Å². The topological polar surface area (TPSA) is 84.0 Å². The second-order valence-corrected chi connectivity index (χ2v) is 18.8. The molecule has 0 fully saturated rings. The molecule has 4 aromatic rings. The summed E-state index contributed by atoms with van der Waals surface area (Å²) in [6.45, 7) is 21.2. The molecule has 0 radical (unpaired) electrons. The van der Waals surface area contributed by atoms with E-state index < -0.39 is 8.32 Å². The molecule has 8 nitrogen and oxygen atoms in total. The molecule has 0 unspecified atom stereocenters. The molecule has 0 saturated carbocycles. The average Bonchev–Trinajstić information content (AvgIpc) is 3.55. The summed E-state index contributed by atoms with van der Waals surface area (Å²) in [5.74, 6) is 0.802. The number of anilines is 1. The first-order valence-electron chi connectivity index (χ1n) is 15.1. The Balaban J connectivity index is 1.29. The van der Waals surface area contributed by atoms with Gasteiger partial charge in [0.15, 0.2) is 8.32 Å². The Morgan fingerprint density at radius 1 is 0.744 bits per heavy atom. The van der Waals surface area contributed by atoms with Gasteiger partial charge in [0.05, 0.1) is 22.7 Å². The van der Waals surface area contributed by atoms with E-state index in [1.807, 2.05) is 42.5 Å². The molecular weight excluding hydrogens is 593 g/mol. The van der Waals surface area contributed by atoms with Crippen LogP contribution in [0, 0.1) is 0 Å². The predicted octanol–water partition coefficient (Wildman–Crippen LogP) is 11.6. The van der Waals surface area contributed by atoms with Crippen LogP contribution in [0.2, 0.25) is 16.6 Å². The Morgan fingerprint density at radius 3 is 1.88 bits per heavy atom. The quantitative estimate of drug-likeness (QED) is 0.0738. The van der Waals surface area contributed by atoms with Gasteiger partial charge in [0, 0.05) is 18.8 Å². The average molecular weight is 637 g/mol. The molecule has 0 spiro atoms. The van der Waals surface area contributed by atoms with Gasteiger partial charge in [-0.25, -0.2) is 4.98 Å². The third-order valence-electron chi connectivity index (χ3n) is 7.81. The molecule has 0 saturated heterocycles. The lowest BCUT2D eigenvalue weighted by molar-refractivity contribution is 0.198. The van der Waals surface area contributed by atoms with Gasteiger partial charge < -0.3 is 14.1 Å². The Labute approximate surface area is 265 Å². The van der Waals surface area contributed by atoms with Gasteiger partial charge in [-0.15, -0.1) is 20.5 Å². The molecule has 2 aromatic heterocycles. The zero-order valence-electron chi connectivity index (χ0n) is 26.6. The van der Waals surface area contributed by atoms with Gasteiger partial charge in [-0.1, -0.05) is 64.2 Å². The van der Waals surface area contributed by atoms with Crippen LogP contribution in [-0.4, -0.2) is 39.6 Å². The van der Waals surface area contributed by atoms with Crippen molar-refractivity contribution in [2.45, 2.75) is 72.0 Å². The molecule has 2 heterocycles. The summed E-state index contributed by atoms with van der Waals surface area (Å²) in [7, 11) is -1.88. The van der Waals surface area contributed by atoms with Gasteiger partial charge in [-0.2, -0.15) is 0 Å². The summed E-state index contributed by atoms with van der Waals surface area (Å²) < 4.78 is 13.6. The molecule has 0 aliphatic heterocycles. The molecule has 0 N–H and O–H groups in total. The van der Waals surface area contributed by atoms with E-state index in [9.17, 15) is 0 Å². The molecule has 43 heavy (non-hydrogen) atoms. The number of thiophene rings is 1. The first-order valence-corrected chi connectivity index (χ1v) is 18.9. The number of hydrogen-bond acceptors (Lipinski definition) is 10. The largest absolute Gasteiger partial charge is 0.491 e. The summed E-state index contributed by atoms with van der Waals surface area (Å²) in [6.07, 6.45) is 0. The molecule has 2 aromatic carbocycles. The van der Waals surface area contributed by atoms with Gasteiger partial charge in [0.25, 0.3) is 0 Å². The lowest BCUT2D eigenvalue weighted by Gasteiger charge is -2.42. The number of nitrogens with zero attached hydrogens (tertiary/aromatic N) is 6. The van der Waals surface area contributed by atoms with Crippen LogP contribution in [-0.2, 0) is 4.43 Å². The lowest BCUT2D eigenvalue weighted by atomic mass is 10.2. The zero-order chi connectivity index (χ0) is 31.0. The molecule has 4 rings (SSSR count). The third kappa shape index (κ3) is 8.14. The summed E-state index contributed by atoms with van der Waals surface area (Å²) in [6, 6.07) is 17.8. The third-order valence-corrected chi connectivity index (χ3v) is 15.9. The van der Waals surface area contributed by atoms with E-state index in [0.717, 1.165) is 44.7 Å². The summed E-state index contributed by atoms with van der Waals surface area (Å²) >= 11 is 2.99. The highest BCUT2D eigenvalue weighted by Gasteiger charge is 2.44. The first kappa shape index (κ1) is 32.9. The molecule has 0 bridgehead atoms. The second kappa shape index (κ2) is 15.1. The van der Waals surface area contributed by atoms with Crippen LogP contribution in [0.25, 0.3) is 9.53 Å². The van der Waals surface area contributed by atoms with Crippen molar-refractivity contribution in [2.75, 3.05) is 31.2 Å². The summed E-state index contributed by atoms with van der Waals surface area (Å²) in [5, 5.41) is 19.0. The minimum Gasteiger partial charge on any atom is -0.491 e. The van der Waals surface area contributed by atoms with E-state index in [0.29, 0.717) is 35.0 Å². The van der Waals surface area contributed by atoms with Crippen molar-refractivity contribution in [3.63, 3.8) is 0 Å². The Kier molecular flexibility index (Phi) is 11.6. The fourth-order valence-corrected chi connectivity index (χ4v) is 13.1. The Morgan fingerprint density at radius 2 is 1.33 bits per heavy atom. The number of rotatable bonds is 15. The van der Waals surface area contributed by atoms with E-state index >= 15 is 0 Å². The van der Waals surface area contributed by atoms with Crippen molar-refractivity contribution in [2.24, 2.45) is 20.5 Å². The van der Waals surface area contributed by atoms with Crippen molar-refractivity contribution in [1.29, 1.82) is 0 Å². The minimum absolute atomic E-state index is 0.533. The maximum absolute atomic E-state index is 6.59. The lowest BCUT2D eigenvalue weighted by Crippen LogP contribution is -2.48. The molecule has 230 valence electrons. The normalized spacial score (nSPS) is 12.6. The number of fused-ring (bicyclic) bond motifs is 1. The summed E-state index contributed by atoms with van der Waals surface area (Å²) in [4.78, 5) is 7.79. The van der Waals surface area contributed by atoms with Crippen LogP contribution < -0.4 is 9.64 Å². The molecular formula is C32H44N6O2S2Si. The van der Waals surface area contributed by atoms with Crippen LogP contribution in [0.4, 0.5) is 27.2 Å². The molecule has 11 heteroatoms. The number of azo groups is 2. The monoisotopic (exact) mass is 636 g/mol. The van der Waals surface area contributed by atoms with Crippen molar-refractivity contribution in [3.8, 4) is 5.75 Å². The highest BCUT2D eigenvalue weighted by Crippen LogP contribution is 2.42. The first-order chi connectivity index (χ1) is 20.7. The number of ether oxygens (including phenoxy) is 1. The predicted molar refractivity (Wildman–Crippen MR) is 185 cm³/mol.